The van der Waals surface area contributed by atoms with Crippen LogP contribution in [0.15, 0.2) is 23.3 Å². The van der Waals surface area contributed by atoms with Crippen LogP contribution in [0.25, 0.3) is 0 Å². The van der Waals surface area contributed by atoms with Gasteiger partial charge in [-0.2, -0.15) is 5.10 Å². The van der Waals surface area contributed by atoms with Gasteiger partial charge in [0.25, 0.3) is 0 Å². The van der Waals surface area contributed by atoms with Crippen molar-refractivity contribution in [1.82, 2.24) is 10.5 Å². The molecule has 19 heavy (non-hydrogen) atoms. The molecule has 0 aliphatic carbocycles. The molecule has 0 saturated carbocycles. The van der Waals surface area contributed by atoms with E-state index in [0.717, 1.165) is 35.9 Å². The molecule has 0 aromatic heterocycles. The lowest BCUT2D eigenvalue weighted by molar-refractivity contribution is 0.234. The van der Waals surface area contributed by atoms with Crippen LogP contribution in [0.2, 0.25) is 10.0 Å². The van der Waals surface area contributed by atoms with Gasteiger partial charge in [0.2, 0.25) is 0 Å². The number of thioether (sulfide) groups is 1. The zero-order chi connectivity index (χ0) is 13.0. The molecule has 3 nitrogen and oxygen atoms in total. The van der Waals surface area contributed by atoms with Gasteiger partial charge in [0, 0.05) is 22.9 Å². The molecule has 1 heterocycles. The van der Waals surface area contributed by atoms with E-state index >= 15 is 0 Å². The normalized spacial score (nSPS) is 14.9. The number of hydrogen-bond acceptors (Lipinski definition) is 4. The number of nitrogens with zero attached hydrogens (tertiary/aromatic N) is 2. The van der Waals surface area contributed by atoms with Gasteiger partial charge in [-0.15, -0.1) is 24.2 Å². The summed E-state index contributed by atoms with van der Waals surface area (Å²) in [5, 5.41) is 7.74. The molecule has 7 heteroatoms. The predicted molar refractivity (Wildman–Crippen MR) is 87.7 cm³/mol. The molecule has 0 saturated heterocycles. The van der Waals surface area contributed by atoms with Gasteiger partial charge in [-0.3, -0.25) is 0 Å². The third-order valence-electron chi connectivity index (χ3n) is 2.48. The molecule has 0 bridgehead atoms. The van der Waals surface area contributed by atoms with E-state index in [9.17, 15) is 0 Å². The highest BCUT2D eigenvalue weighted by atomic mass is 35.5. The summed E-state index contributed by atoms with van der Waals surface area (Å²) in [6.45, 7) is 3.05. The lowest BCUT2D eigenvalue weighted by Gasteiger charge is -2.25. The first-order valence-electron chi connectivity index (χ1n) is 5.82. The van der Waals surface area contributed by atoms with E-state index in [0.29, 0.717) is 10.0 Å². The number of hydrogen-bond donors (Lipinski definition) is 1. The van der Waals surface area contributed by atoms with Gasteiger partial charge < -0.3 is 0 Å². The van der Waals surface area contributed by atoms with Gasteiger partial charge in [-0.1, -0.05) is 36.2 Å². The van der Waals surface area contributed by atoms with Crippen LogP contribution in [-0.2, 0) is 0 Å². The quantitative estimate of drug-likeness (QED) is 0.896. The molecule has 1 aliphatic heterocycles. The maximum Gasteiger partial charge on any atom is 0.0990 e. The molecule has 0 radical (unpaired) electrons. The molecule has 1 N–H and O–H groups in total. The SMILES string of the molecule is CCCNN1CSCC(c2ccc(Cl)cc2Cl)=N1.Cl. The molecule has 2 rings (SSSR count). The molecular formula is C12H16Cl3N3S. The average Bonchev–Trinajstić information content (AvgIpc) is 2.36. The van der Waals surface area contributed by atoms with E-state index < -0.39 is 0 Å². The van der Waals surface area contributed by atoms with Crippen molar-refractivity contribution in [1.29, 1.82) is 0 Å². The number of hydrazone groups is 1. The van der Waals surface area contributed by atoms with Crippen molar-refractivity contribution >= 4 is 53.1 Å². The molecule has 0 fully saturated rings. The summed E-state index contributed by atoms with van der Waals surface area (Å²) in [5.74, 6) is 1.72. The molecule has 1 aliphatic rings. The van der Waals surface area contributed by atoms with E-state index in [2.05, 4.69) is 17.5 Å². The minimum Gasteiger partial charge on any atom is -0.219 e. The second-order valence-electron chi connectivity index (χ2n) is 3.96. The minimum absolute atomic E-state index is 0. The van der Waals surface area contributed by atoms with E-state index in [1.807, 2.05) is 29.0 Å². The first-order valence-corrected chi connectivity index (χ1v) is 7.73. The Balaban J connectivity index is 0.00000180. The van der Waals surface area contributed by atoms with Gasteiger partial charge in [-0.05, 0) is 18.6 Å². The molecular weight excluding hydrogens is 325 g/mol. The third-order valence-corrected chi connectivity index (χ3v) is 3.93. The van der Waals surface area contributed by atoms with Gasteiger partial charge >= 0.3 is 0 Å². The maximum atomic E-state index is 6.20. The summed E-state index contributed by atoms with van der Waals surface area (Å²) < 4.78 is 0. The topological polar surface area (TPSA) is 27.6 Å². The van der Waals surface area contributed by atoms with Crippen molar-refractivity contribution < 1.29 is 0 Å². The van der Waals surface area contributed by atoms with Crippen molar-refractivity contribution in [2.45, 2.75) is 13.3 Å². The molecule has 0 unspecified atom stereocenters. The highest BCUT2D eigenvalue weighted by molar-refractivity contribution is 8.00. The lowest BCUT2D eigenvalue weighted by Crippen LogP contribution is -2.37. The number of benzene rings is 1. The van der Waals surface area contributed by atoms with Gasteiger partial charge in [0.15, 0.2) is 0 Å². The summed E-state index contributed by atoms with van der Waals surface area (Å²) in [6, 6.07) is 5.52. The first-order chi connectivity index (χ1) is 8.70. The zero-order valence-corrected chi connectivity index (χ0v) is 13.7. The summed E-state index contributed by atoms with van der Waals surface area (Å²) in [5.41, 5.74) is 5.20. The fourth-order valence-electron chi connectivity index (χ4n) is 1.61. The van der Waals surface area contributed by atoms with E-state index in [1.165, 1.54) is 0 Å². The number of hydrazine groups is 1. The predicted octanol–water partition coefficient (Wildman–Crippen LogP) is 4.04. The van der Waals surface area contributed by atoms with E-state index in [1.54, 1.807) is 6.07 Å². The Bertz CT molecular complexity index is 454. The Morgan fingerprint density at radius 2 is 2.21 bits per heavy atom. The highest BCUT2D eigenvalue weighted by Crippen LogP contribution is 2.24. The van der Waals surface area contributed by atoms with Crippen LogP contribution < -0.4 is 5.43 Å². The smallest absolute Gasteiger partial charge is 0.0990 e. The fourth-order valence-corrected chi connectivity index (χ4v) is 2.95. The number of halogens is 3. The third kappa shape index (κ3) is 4.72. The standard InChI is InChI=1S/C12H15Cl2N3S.ClH/c1-2-5-15-17-8-18-7-12(16-17)10-4-3-9(13)6-11(10)14;/h3-4,6,15H,2,5,7-8H2,1H3;1H. The van der Waals surface area contributed by atoms with E-state index in [4.69, 9.17) is 23.2 Å². The Kier molecular flexibility index (Phi) is 7.32. The van der Waals surface area contributed by atoms with Crippen LogP contribution in [-0.4, -0.2) is 29.0 Å². The Hall–Kier alpha value is -0.130. The Morgan fingerprint density at radius 3 is 2.89 bits per heavy atom. The van der Waals surface area contributed by atoms with Crippen LogP contribution in [0.3, 0.4) is 0 Å². The minimum atomic E-state index is 0. The lowest BCUT2D eigenvalue weighted by atomic mass is 10.1. The molecule has 1 aromatic rings. The summed E-state index contributed by atoms with van der Waals surface area (Å²) in [7, 11) is 0. The summed E-state index contributed by atoms with van der Waals surface area (Å²) >= 11 is 13.9. The fraction of sp³-hybridized carbons (Fsp3) is 0.417. The zero-order valence-electron chi connectivity index (χ0n) is 10.5. The molecule has 106 valence electrons. The molecule has 1 aromatic carbocycles. The summed E-state index contributed by atoms with van der Waals surface area (Å²) in [6.07, 6.45) is 1.08. The molecule has 0 atom stereocenters. The monoisotopic (exact) mass is 339 g/mol. The van der Waals surface area contributed by atoms with Crippen LogP contribution in [0.1, 0.15) is 18.9 Å². The van der Waals surface area contributed by atoms with E-state index in [-0.39, 0.29) is 12.4 Å². The molecule has 0 spiro atoms. The van der Waals surface area contributed by atoms with Crippen molar-refractivity contribution in [2.24, 2.45) is 5.10 Å². The average molecular weight is 341 g/mol. The van der Waals surface area contributed by atoms with Crippen molar-refractivity contribution in [3.63, 3.8) is 0 Å². The first kappa shape index (κ1) is 16.9. The van der Waals surface area contributed by atoms with Crippen LogP contribution in [0.4, 0.5) is 0 Å². The second-order valence-corrected chi connectivity index (χ2v) is 5.75. The van der Waals surface area contributed by atoms with Gasteiger partial charge in [-0.25, -0.2) is 10.5 Å². The van der Waals surface area contributed by atoms with Crippen molar-refractivity contribution in [2.75, 3.05) is 18.2 Å². The Labute approximate surface area is 134 Å². The van der Waals surface area contributed by atoms with Crippen LogP contribution in [0, 0.1) is 0 Å². The van der Waals surface area contributed by atoms with Crippen LogP contribution in [0.5, 0.6) is 0 Å². The Morgan fingerprint density at radius 1 is 1.42 bits per heavy atom. The molecule has 0 amide bonds. The maximum absolute atomic E-state index is 6.20. The van der Waals surface area contributed by atoms with Gasteiger partial charge in [0.05, 0.1) is 16.6 Å². The van der Waals surface area contributed by atoms with Gasteiger partial charge in [0.1, 0.15) is 0 Å². The number of nitrogens with one attached hydrogen (secondary N) is 1. The van der Waals surface area contributed by atoms with Crippen molar-refractivity contribution in [3.8, 4) is 0 Å². The number of rotatable bonds is 4. The van der Waals surface area contributed by atoms with Crippen molar-refractivity contribution in [3.05, 3.63) is 33.8 Å². The largest absolute Gasteiger partial charge is 0.219 e. The highest BCUT2D eigenvalue weighted by Gasteiger charge is 2.16. The summed E-state index contributed by atoms with van der Waals surface area (Å²) in [4.78, 5) is 0. The second kappa shape index (κ2) is 8.22. The van der Waals surface area contributed by atoms with Crippen LogP contribution >= 0.6 is 47.4 Å².